The third-order valence-electron chi connectivity index (χ3n) is 12.0. The quantitative estimate of drug-likeness (QED) is 0.200. The Kier molecular flexibility index (Phi) is 13.8. The van der Waals surface area contributed by atoms with Gasteiger partial charge in [0.05, 0.1) is 25.3 Å². The molecule has 4 aliphatic rings. The summed E-state index contributed by atoms with van der Waals surface area (Å²) in [6.45, 7) is 9.78. The number of hydrogen-bond donors (Lipinski definition) is 1. The molecule has 1 saturated heterocycles. The number of fused-ring (bicyclic) bond motifs is 9. The third kappa shape index (κ3) is 8.54. The van der Waals surface area contributed by atoms with Crippen LogP contribution in [0.15, 0.2) is 6.07 Å². The van der Waals surface area contributed by atoms with Crippen molar-refractivity contribution in [2.45, 2.75) is 142 Å². The number of nitrogens with zero attached hydrogens (tertiary/aromatic N) is 4. The number of alkyl halides is 3. The van der Waals surface area contributed by atoms with Crippen LogP contribution in [-0.2, 0) is 41.6 Å². The lowest BCUT2D eigenvalue weighted by molar-refractivity contribution is -0.191. The van der Waals surface area contributed by atoms with Crippen molar-refractivity contribution in [3.8, 4) is 34.8 Å². The first-order chi connectivity index (χ1) is 29.8. The highest BCUT2D eigenvalue weighted by molar-refractivity contribution is 6.05. The normalized spacial score (nSPS) is 21.1. The Labute approximate surface area is 362 Å². The first-order valence-electron chi connectivity index (χ1n) is 21.1. The second-order valence-electron chi connectivity index (χ2n) is 16.2. The Balaban J connectivity index is 1.61. The van der Waals surface area contributed by atoms with Gasteiger partial charge < -0.3 is 29.0 Å². The SMILES string of the molecule is CCCC(=O)Oc1c(OC)c(C)cc2c1[C@H]1N[C@H](C2)[C@H](C#N)N2C1Cc1c(OC(C)=O)c(C)c3c(c1[C@@H]2CN(C(=O)CCC)C(=O)[C@H](C)N(C(=O)CCC)C(=O)C(F)(F)F)OCO3. The first-order valence-corrected chi connectivity index (χ1v) is 21.1. The number of carbonyl (C=O) groups excluding carboxylic acids is 6. The van der Waals surface area contributed by atoms with Crippen molar-refractivity contribution in [3.05, 3.63) is 39.4 Å². The number of ether oxygens (including phenoxy) is 5. The molecule has 4 aliphatic heterocycles. The van der Waals surface area contributed by atoms with E-state index in [2.05, 4.69) is 11.4 Å². The van der Waals surface area contributed by atoms with Gasteiger partial charge in [-0.3, -0.25) is 43.5 Å². The molecule has 19 heteroatoms. The van der Waals surface area contributed by atoms with Gasteiger partial charge in [-0.2, -0.15) is 18.4 Å². The number of nitriles is 1. The predicted molar refractivity (Wildman–Crippen MR) is 216 cm³/mol. The van der Waals surface area contributed by atoms with Gasteiger partial charge in [0.1, 0.15) is 17.8 Å². The zero-order valence-corrected chi connectivity index (χ0v) is 36.5. The van der Waals surface area contributed by atoms with Crippen LogP contribution in [0.5, 0.6) is 28.7 Å². The van der Waals surface area contributed by atoms with Crippen molar-refractivity contribution < 1.29 is 65.6 Å². The molecule has 2 aromatic carbocycles. The average molecular weight is 884 g/mol. The smallest absolute Gasteiger partial charge is 0.471 e. The number of hydrogen-bond acceptors (Lipinski definition) is 14. The number of carbonyl (C=O) groups is 6. The molecule has 6 rings (SSSR count). The van der Waals surface area contributed by atoms with E-state index in [0.29, 0.717) is 40.0 Å². The highest BCUT2D eigenvalue weighted by Crippen LogP contribution is 2.57. The third-order valence-corrected chi connectivity index (χ3v) is 12.0. The number of amides is 4. The largest absolute Gasteiger partial charge is 0.493 e. The fourth-order valence-electron chi connectivity index (χ4n) is 9.47. The van der Waals surface area contributed by atoms with E-state index in [4.69, 9.17) is 23.7 Å². The van der Waals surface area contributed by atoms with Crippen LogP contribution in [0.1, 0.15) is 119 Å². The molecule has 16 nitrogen and oxygen atoms in total. The molecule has 1 unspecified atom stereocenters. The highest BCUT2D eigenvalue weighted by Gasteiger charge is 2.56. The van der Waals surface area contributed by atoms with Crippen LogP contribution in [0.3, 0.4) is 0 Å². The van der Waals surface area contributed by atoms with E-state index in [1.54, 1.807) is 13.8 Å². The van der Waals surface area contributed by atoms with Crippen LogP contribution in [0.4, 0.5) is 13.2 Å². The number of rotatable bonds is 13. The Morgan fingerprint density at radius 1 is 0.937 bits per heavy atom. The molecule has 0 saturated carbocycles. The highest BCUT2D eigenvalue weighted by atomic mass is 19.4. The standard InChI is InChI=1S/C44H52F3N5O11/c1-9-12-31(54)50(42(57)23(6)51(32(55)13-10-2)43(58)44(45,46)47)19-30-35-26(38(62-24(7)53)22(5)39-40(35)61-20-60-39)17-28-36-34-25(16-27(49-36)29(18-48)52(28)30)15-21(4)37(59-8)41(34)63-33(56)14-11-3/h15,23,27-30,36,49H,9-14,16-17,19-20H2,1-8H3/t23-,27+,28?,29-,30-,36-/m0/s1. The molecule has 0 aromatic heterocycles. The lowest BCUT2D eigenvalue weighted by atomic mass is 9.72. The van der Waals surface area contributed by atoms with Gasteiger partial charge in [-0.15, -0.1) is 0 Å². The molecule has 340 valence electrons. The van der Waals surface area contributed by atoms with Gasteiger partial charge in [0.15, 0.2) is 23.0 Å². The molecule has 1 N–H and O–H groups in total. The van der Waals surface area contributed by atoms with Crippen LogP contribution in [-0.4, -0.2) is 101 Å². The van der Waals surface area contributed by atoms with E-state index in [1.165, 1.54) is 21.0 Å². The maximum Gasteiger partial charge on any atom is 0.471 e. The molecule has 1 fully saturated rings. The summed E-state index contributed by atoms with van der Waals surface area (Å²) in [4.78, 5) is 83.4. The van der Waals surface area contributed by atoms with Crippen molar-refractivity contribution in [2.75, 3.05) is 20.4 Å². The van der Waals surface area contributed by atoms with E-state index < -0.39 is 91.0 Å². The second-order valence-corrected chi connectivity index (χ2v) is 16.2. The minimum Gasteiger partial charge on any atom is -0.493 e. The number of piperazine rings is 1. The molecule has 2 bridgehead atoms. The Hall–Kier alpha value is -5.74. The number of imide groups is 2. The van der Waals surface area contributed by atoms with Gasteiger partial charge in [-0.05, 0) is 64.0 Å². The molecule has 6 atom stereocenters. The molecular formula is C44H52F3N5O11. The summed E-state index contributed by atoms with van der Waals surface area (Å²) in [5.74, 6) is -6.10. The van der Waals surface area contributed by atoms with Crippen molar-refractivity contribution in [3.63, 3.8) is 0 Å². The van der Waals surface area contributed by atoms with Crippen LogP contribution >= 0.6 is 0 Å². The molecule has 2 aromatic rings. The summed E-state index contributed by atoms with van der Waals surface area (Å²) in [6, 6.07) is -2.10. The van der Waals surface area contributed by atoms with Crippen molar-refractivity contribution >= 4 is 35.6 Å². The summed E-state index contributed by atoms with van der Waals surface area (Å²) in [5, 5.41) is 14.7. The monoisotopic (exact) mass is 883 g/mol. The van der Waals surface area contributed by atoms with Gasteiger partial charge >= 0.3 is 24.0 Å². The molecule has 0 aliphatic carbocycles. The van der Waals surface area contributed by atoms with E-state index in [1.807, 2.05) is 24.8 Å². The molecule has 0 spiro atoms. The van der Waals surface area contributed by atoms with Crippen LogP contribution < -0.4 is 29.0 Å². The van der Waals surface area contributed by atoms with Gasteiger partial charge in [0.2, 0.25) is 18.6 Å². The lowest BCUT2D eigenvalue weighted by Crippen LogP contribution is -2.69. The minimum absolute atomic E-state index is 0.0547. The molecular weight excluding hydrogens is 832 g/mol. The fourth-order valence-corrected chi connectivity index (χ4v) is 9.47. The second kappa shape index (κ2) is 18.5. The molecule has 0 radical (unpaired) electrons. The maximum atomic E-state index is 14.7. The van der Waals surface area contributed by atoms with E-state index >= 15 is 0 Å². The zero-order chi connectivity index (χ0) is 46.2. The van der Waals surface area contributed by atoms with Crippen molar-refractivity contribution in [2.24, 2.45) is 0 Å². The summed E-state index contributed by atoms with van der Waals surface area (Å²) in [7, 11) is 1.45. The summed E-state index contributed by atoms with van der Waals surface area (Å²) < 4.78 is 71.9. The Morgan fingerprint density at radius 3 is 2.19 bits per heavy atom. The number of aryl methyl sites for hydroxylation is 1. The molecule has 4 amide bonds. The number of nitrogens with one attached hydrogen (secondary N) is 1. The zero-order valence-electron chi connectivity index (χ0n) is 36.5. The molecule has 4 heterocycles. The predicted octanol–water partition coefficient (Wildman–Crippen LogP) is 5.36. The fraction of sp³-hybridized carbons (Fsp3) is 0.568. The van der Waals surface area contributed by atoms with Gasteiger partial charge in [-0.25, -0.2) is 0 Å². The first kappa shape index (κ1) is 46.8. The van der Waals surface area contributed by atoms with Crippen LogP contribution in [0.2, 0.25) is 0 Å². The summed E-state index contributed by atoms with van der Waals surface area (Å²) >= 11 is 0. The number of esters is 2. The molecule has 63 heavy (non-hydrogen) atoms. The average Bonchev–Trinajstić information content (AvgIpc) is 3.71. The van der Waals surface area contributed by atoms with Crippen molar-refractivity contribution in [1.29, 1.82) is 5.26 Å². The summed E-state index contributed by atoms with van der Waals surface area (Å²) in [5.41, 5.74) is 3.13. The summed E-state index contributed by atoms with van der Waals surface area (Å²) in [6.07, 6.45) is -5.09. The number of benzene rings is 2. The lowest BCUT2D eigenvalue weighted by Gasteiger charge is -2.57. The van der Waals surface area contributed by atoms with E-state index in [0.717, 1.165) is 17.4 Å². The van der Waals surface area contributed by atoms with Crippen LogP contribution in [0.25, 0.3) is 0 Å². The van der Waals surface area contributed by atoms with E-state index in [-0.39, 0.29) is 73.2 Å². The van der Waals surface area contributed by atoms with Gasteiger partial charge in [-0.1, -0.05) is 26.8 Å². The van der Waals surface area contributed by atoms with Crippen LogP contribution in [0, 0.1) is 25.2 Å². The number of methoxy groups -OCH3 is 1. The van der Waals surface area contributed by atoms with Gasteiger partial charge in [0.25, 0.3) is 5.91 Å². The van der Waals surface area contributed by atoms with E-state index in [9.17, 15) is 47.2 Å². The maximum absolute atomic E-state index is 14.7. The minimum atomic E-state index is -5.53. The Morgan fingerprint density at radius 2 is 1.59 bits per heavy atom. The topological polar surface area (TPSA) is 194 Å². The Bertz CT molecular complexity index is 2260. The van der Waals surface area contributed by atoms with Gasteiger partial charge in [0, 0.05) is 67.1 Å². The van der Waals surface area contributed by atoms with Crippen molar-refractivity contribution in [1.82, 2.24) is 20.0 Å². The number of halogens is 3.